The molecular weight excluding hydrogens is 695 g/mol. The smallest absolute Gasteiger partial charge is 0.138 e. The highest BCUT2D eigenvalue weighted by atomic mass is 16.3. The van der Waals surface area contributed by atoms with Crippen LogP contribution in [0, 0.1) is 0 Å². The van der Waals surface area contributed by atoms with E-state index in [0.717, 1.165) is 89.0 Å². The molecule has 0 radical (unpaired) electrons. The molecule has 0 bridgehead atoms. The van der Waals surface area contributed by atoms with E-state index in [4.69, 9.17) is 9.40 Å². The van der Waals surface area contributed by atoms with Gasteiger partial charge in [-0.15, -0.1) is 0 Å². The quantitative estimate of drug-likeness (QED) is 0.177. The number of rotatable bonds is 5. The Hall–Kier alpha value is -7.69. The fourth-order valence-corrected chi connectivity index (χ4v) is 9.05. The van der Waals surface area contributed by atoms with Gasteiger partial charge in [0, 0.05) is 43.6 Å². The van der Waals surface area contributed by atoms with Gasteiger partial charge in [0.1, 0.15) is 11.2 Å². The number of furan rings is 1. The molecule has 0 aliphatic rings. The van der Waals surface area contributed by atoms with Crippen molar-refractivity contribution in [3.05, 3.63) is 200 Å². The van der Waals surface area contributed by atoms with E-state index in [-0.39, 0.29) is 0 Å². The SMILES string of the molecule is c1ccc(-c2cc(-c3cc4oc5ccccc5c4c(-n4c5ccccc5c5ccccc54)c3-n3c4ccccc4c4ccccc43)cc(-c3ccccc3)n2)cc1. The molecule has 0 fully saturated rings. The lowest BCUT2D eigenvalue weighted by Crippen LogP contribution is -2.07. The van der Waals surface area contributed by atoms with Crippen LogP contribution in [0.25, 0.3) is 111 Å². The highest BCUT2D eigenvalue weighted by Crippen LogP contribution is 2.48. The Bertz CT molecular complexity index is 3350. The van der Waals surface area contributed by atoms with E-state index >= 15 is 0 Å². The van der Waals surface area contributed by atoms with Crippen molar-refractivity contribution >= 4 is 65.6 Å². The van der Waals surface area contributed by atoms with Crippen LogP contribution in [0.3, 0.4) is 0 Å². The van der Waals surface area contributed by atoms with E-state index in [1.807, 2.05) is 0 Å². The first-order chi connectivity index (χ1) is 28.3. The Labute approximate surface area is 328 Å². The van der Waals surface area contributed by atoms with Crippen molar-refractivity contribution < 1.29 is 4.42 Å². The molecule has 4 heterocycles. The van der Waals surface area contributed by atoms with Crippen LogP contribution in [0.1, 0.15) is 0 Å². The molecule has 8 aromatic carbocycles. The average Bonchev–Trinajstić information content (AvgIpc) is 3.94. The topological polar surface area (TPSA) is 35.9 Å². The van der Waals surface area contributed by atoms with E-state index < -0.39 is 0 Å². The minimum atomic E-state index is 0.826. The average molecular weight is 728 g/mol. The van der Waals surface area contributed by atoms with Gasteiger partial charge in [0.2, 0.25) is 0 Å². The third-order valence-electron chi connectivity index (χ3n) is 11.5. The number of fused-ring (bicyclic) bond motifs is 9. The normalized spacial score (nSPS) is 11.9. The number of aromatic nitrogens is 3. The summed E-state index contributed by atoms with van der Waals surface area (Å²) in [5, 5.41) is 6.95. The molecule has 12 rings (SSSR count). The number of benzene rings is 8. The lowest BCUT2D eigenvalue weighted by atomic mass is 9.95. The van der Waals surface area contributed by atoms with Crippen molar-refractivity contribution in [3.8, 4) is 45.0 Å². The minimum absolute atomic E-state index is 0.826. The Balaban J connectivity index is 1.35. The van der Waals surface area contributed by atoms with Crippen LogP contribution in [-0.2, 0) is 0 Å². The van der Waals surface area contributed by atoms with Gasteiger partial charge in [-0.2, -0.15) is 0 Å². The van der Waals surface area contributed by atoms with Gasteiger partial charge in [-0.25, -0.2) is 4.98 Å². The molecule has 0 atom stereocenters. The summed E-state index contributed by atoms with van der Waals surface area (Å²) in [6.07, 6.45) is 0. The van der Waals surface area contributed by atoms with Gasteiger partial charge < -0.3 is 13.6 Å². The summed E-state index contributed by atoms with van der Waals surface area (Å²) in [6, 6.07) is 71.3. The standard InChI is InChI=1S/C53H33N3O/c1-3-17-34(18-4-1)43-31-36(32-44(54-43)35-19-5-2-6-20-35)42-33-50-51(41-25-11-16-30-49(41)57-50)53(56-47-28-14-9-23-39(47)40-24-10-15-29-48(40)56)52(42)55-45-26-12-7-21-37(45)38-22-8-13-27-46(38)55/h1-33H. The third kappa shape index (κ3) is 4.77. The second-order valence-corrected chi connectivity index (χ2v) is 14.7. The van der Waals surface area contributed by atoms with E-state index in [2.05, 4.69) is 209 Å². The zero-order valence-electron chi connectivity index (χ0n) is 30.8. The number of hydrogen-bond acceptors (Lipinski definition) is 2. The summed E-state index contributed by atoms with van der Waals surface area (Å²) in [5.41, 5.74) is 14.4. The molecule has 266 valence electrons. The first kappa shape index (κ1) is 31.6. The van der Waals surface area contributed by atoms with Crippen LogP contribution in [0.2, 0.25) is 0 Å². The zero-order chi connectivity index (χ0) is 37.5. The summed E-state index contributed by atoms with van der Waals surface area (Å²) in [4.78, 5) is 5.31. The summed E-state index contributed by atoms with van der Waals surface area (Å²) >= 11 is 0. The molecule has 0 spiro atoms. The number of nitrogens with zero attached hydrogens (tertiary/aromatic N) is 3. The van der Waals surface area contributed by atoms with Gasteiger partial charge in [0.05, 0.1) is 50.2 Å². The maximum atomic E-state index is 6.92. The second kappa shape index (κ2) is 12.4. The van der Waals surface area contributed by atoms with Crippen LogP contribution < -0.4 is 0 Å². The van der Waals surface area contributed by atoms with E-state index in [1.165, 1.54) is 21.5 Å². The van der Waals surface area contributed by atoms with Gasteiger partial charge in [-0.1, -0.05) is 152 Å². The summed E-state index contributed by atoms with van der Waals surface area (Å²) in [7, 11) is 0. The molecule has 0 amide bonds. The Morgan fingerprint density at radius 1 is 0.333 bits per heavy atom. The molecule has 4 aromatic heterocycles. The molecule has 0 N–H and O–H groups in total. The molecule has 0 unspecified atom stereocenters. The molecule has 4 heteroatoms. The Morgan fingerprint density at radius 3 is 1.23 bits per heavy atom. The molecule has 4 nitrogen and oxygen atoms in total. The second-order valence-electron chi connectivity index (χ2n) is 14.7. The first-order valence-corrected chi connectivity index (χ1v) is 19.4. The monoisotopic (exact) mass is 727 g/mol. The van der Waals surface area contributed by atoms with Crippen molar-refractivity contribution in [2.75, 3.05) is 0 Å². The van der Waals surface area contributed by atoms with Crippen molar-refractivity contribution in [2.24, 2.45) is 0 Å². The first-order valence-electron chi connectivity index (χ1n) is 19.4. The predicted molar refractivity (Wildman–Crippen MR) is 237 cm³/mol. The zero-order valence-corrected chi connectivity index (χ0v) is 30.8. The van der Waals surface area contributed by atoms with E-state index in [9.17, 15) is 0 Å². The van der Waals surface area contributed by atoms with Gasteiger partial charge in [-0.3, -0.25) is 0 Å². The number of pyridine rings is 1. The predicted octanol–water partition coefficient (Wildman–Crippen LogP) is 14.2. The van der Waals surface area contributed by atoms with Crippen LogP contribution >= 0.6 is 0 Å². The van der Waals surface area contributed by atoms with E-state index in [1.54, 1.807) is 0 Å². The van der Waals surface area contributed by atoms with Gasteiger partial charge in [0.15, 0.2) is 0 Å². The van der Waals surface area contributed by atoms with Crippen LogP contribution in [0.5, 0.6) is 0 Å². The number of para-hydroxylation sites is 5. The molecule has 0 aliphatic carbocycles. The lowest BCUT2D eigenvalue weighted by molar-refractivity contribution is 0.669. The molecule has 0 saturated carbocycles. The summed E-state index contributed by atoms with van der Waals surface area (Å²) < 4.78 is 11.9. The maximum absolute atomic E-state index is 6.92. The molecule has 12 aromatic rings. The van der Waals surface area contributed by atoms with Gasteiger partial charge in [0.25, 0.3) is 0 Å². The van der Waals surface area contributed by atoms with Crippen molar-refractivity contribution in [1.29, 1.82) is 0 Å². The van der Waals surface area contributed by atoms with Crippen molar-refractivity contribution in [3.63, 3.8) is 0 Å². The number of hydrogen-bond donors (Lipinski definition) is 0. The van der Waals surface area contributed by atoms with Crippen LogP contribution in [-0.4, -0.2) is 14.1 Å². The summed E-state index contributed by atoms with van der Waals surface area (Å²) in [6.45, 7) is 0. The van der Waals surface area contributed by atoms with Gasteiger partial charge >= 0.3 is 0 Å². The fraction of sp³-hybridized carbons (Fsp3) is 0. The highest BCUT2D eigenvalue weighted by Gasteiger charge is 2.28. The van der Waals surface area contributed by atoms with Crippen molar-refractivity contribution in [2.45, 2.75) is 0 Å². The highest BCUT2D eigenvalue weighted by molar-refractivity contribution is 6.19. The lowest BCUT2D eigenvalue weighted by Gasteiger charge is -2.22. The summed E-state index contributed by atoms with van der Waals surface area (Å²) in [5.74, 6) is 0. The maximum Gasteiger partial charge on any atom is 0.138 e. The third-order valence-corrected chi connectivity index (χ3v) is 11.5. The largest absolute Gasteiger partial charge is 0.456 e. The van der Waals surface area contributed by atoms with Crippen LogP contribution in [0.4, 0.5) is 0 Å². The van der Waals surface area contributed by atoms with E-state index in [0.29, 0.717) is 0 Å². The van der Waals surface area contributed by atoms with Crippen molar-refractivity contribution in [1.82, 2.24) is 14.1 Å². The molecule has 0 saturated heterocycles. The fourth-order valence-electron chi connectivity index (χ4n) is 9.05. The van der Waals surface area contributed by atoms with Crippen LogP contribution in [0.15, 0.2) is 205 Å². The Morgan fingerprint density at radius 2 is 0.737 bits per heavy atom. The minimum Gasteiger partial charge on any atom is -0.456 e. The van der Waals surface area contributed by atoms with Gasteiger partial charge in [-0.05, 0) is 54.1 Å². The Kier molecular flexibility index (Phi) is 6.89. The molecule has 57 heavy (non-hydrogen) atoms. The molecular formula is C53H33N3O. The molecule has 0 aliphatic heterocycles.